The van der Waals surface area contributed by atoms with Crippen molar-refractivity contribution in [2.45, 2.75) is 13.0 Å². The molecule has 7 heteroatoms. The Kier molecular flexibility index (Phi) is 4.99. The number of benzene rings is 2. The summed E-state index contributed by atoms with van der Waals surface area (Å²) in [6.07, 6.45) is 5.58. The number of hydrogen-bond acceptors (Lipinski definition) is 4. The normalized spacial score (nSPS) is 12.9. The lowest BCUT2D eigenvalue weighted by atomic mass is 10.1. The molecule has 7 nitrogen and oxygen atoms in total. The predicted octanol–water partition coefficient (Wildman–Crippen LogP) is 3.54. The zero-order chi connectivity index (χ0) is 20.2. The molecule has 29 heavy (non-hydrogen) atoms. The fraction of sp³-hybridized carbons (Fsp3) is 0.136. The van der Waals surface area contributed by atoms with Crippen molar-refractivity contribution in [1.29, 1.82) is 5.26 Å². The third-order valence-corrected chi connectivity index (χ3v) is 4.58. The minimum absolute atomic E-state index is 0.0105. The highest BCUT2D eigenvalue weighted by molar-refractivity contribution is 6.04. The molecule has 0 fully saturated rings. The van der Waals surface area contributed by atoms with Gasteiger partial charge in [0.1, 0.15) is 5.75 Å². The fourth-order valence-electron chi connectivity index (χ4n) is 3.27. The summed E-state index contributed by atoms with van der Waals surface area (Å²) in [4.78, 5) is 23.8. The van der Waals surface area contributed by atoms with Crippen LogP contribution in [0.15, 0.2) is 54.7 Å². The number of hydrogen-bond donors (Lipinski definition) is 2. The Morgan fingerprint density at radius 1 is 1.31 bits per heavy atom. The molecular formula is C22H18N4O3. The molecular weight excluding hydrogens is 368 g/mol. The van der Waals surface area contributed by atoms with E-state index >= 15 is 0 Å². The van der Waals surface area contributed by atoms with E-state index in [1.807, 2.05) is 35.0 Å². The van der Waals surface area contributed by atoms with Gasteiger partial charge in [0.25, 0.3) is 5.91 Å². The number of nitrogens with zero attached hydrogens (tertiary/aromatic N) is 2. The molecule has 1 aliphatic rings. The number of para-hydroxylation sites is 1. The molecule has 144 valence electrons. The minimum atomic E-state index is -0.290. The van der Waals surface area contributed by atoms with Crippen molar-refractivity contribution in [2.24, 2.45) is 0 Å². The van der Waals surface area contributed by atoms with Gasteiger partial charge in [0, 0.05) is 41.0 Å². The summed E-state index contributed by atoms with van der Waals surface area (Å²) in [7, 11) is 0. The van der Waals surface area contributed by atoms with E-state index in [0.717, 1.165) is 16.5 Å². The SMILES string of the molecule is N#CCCn1cc(/C=C/C(=O)Nc2ccc3c(c2)NC(=O)CO3)c2ccccc21. The second kappa shape index (κ2) is 7.90. The van der Waals surface area contributed by atoms with E-state index in [4.69, 9.17) is 10.00 Å². The van der Waals surface area contributed by atoms with E-state index in [1.54, 1.807) is 24.3 Å². The van der Waals surface area contributed by atoms with Crippen LogP contribution in [0.2, 0.25) is 0 Å². The van der Waals surface area contributed by atoms with Gasteiger partial charge in [-0.1, -0.05) is 18.2 Å². The standard InChI is InChI=1S/C22H18N4O3/c23-10-3-11-26-13-15(17-4-1-2-5-19(17)26)6-9-21(27)24-16-7-8-20-18(12-16)25-22(28)14-29-20/h1-2,4-9,12-13H,3,11,14H2,(H,24,27)(H,25,28)/b9-6+. The number of aromatic nitrogens is 1. The molecule has 3 aromatic rings. The largest absolute Gasteiger partial charge is 0.482 e. The van der Waals surface area contributed by atoms with Crippen LogP contribution in [0, 0.1) is 11.3 Å². The second-order valence-electron chi connectivity index (χ2n) is 6.57. The van der Waals surface area contributed by atoms with Crippen LogP contribution < -0.4 is 15.4 Å². The molecule has 2 heterocycles. The fourth-order valence-corrected chi connectivity index (χ4v) is 3.27. The number of ether oxygens (including phenoxy) is 1. The van der Waals surface area contributed by atoms with Gasteiger partial charge >= 0.3 is 0 Å². The molecule has 0 unspecified atom stereocenters. The Labute approximate surface area is 167 Å². The van der Waals surface area contributed by atoms with Crippen LogP contribution >= 0.6 is 0 Å². The van der Waals surface area contributed by atoms with Gasteiger partial charge in [-0.25, -0.2) is 0 Å². The maximum absolute atomic E-state index is 12.4. The molecule has 0 atom stereocenters. The third-order valence-electron chi connectivity index (χ3n) is 4.58. The van der Waals surface area contributed by atoms with E-state index < -0.39 is 0 Å². The summed E-state index contributed by atoms with van der Waals surface area (Å²) in [5.41, 5.74) is 3.01. The van der Waals surface area contributed by atoms with Crippen molar-refractivity contribution in [1.82, 2.24) is 4.57 Å². The number of rotatable bonds is 5. The van der Waals surface area contributed by atoms with Crippen LogP contribution in [0.1, 0.15) is 12.0 Å². The first kappa shape index (κ1) is 18.3. The first-order valence-corrected chi connectivity index (χ1v) is 9.14. The quantitative estimate of drug-likeness (QED) is 0.656. The molecule has 1 aliphatic heterocycles. The molecule has 0 radical (unpaired) electrons. The van der Waals surface area contributed by atoms with Crippen molar-refractivity contribution in [2.75, 3.05) is 17.2 Å². The lowest BCUT2D eigenvalue weighted by molar-refractivity contribution is -0.118. The highest BCUT2D eigenvalue weighted by Gasteiger charge is 2.16. The van der Waals surface area contributed by atoms with Gasteiger partial charge in [0.15, 0.2) is 6.61 Å². The molecule has 2 aromatic carbocycles. The third kappa shape index (κ3) is 3.96. The van der Waals surface area contributed by atoms with Gasteiger partial charge in [0.05, 0.1) is 18.2 Å². The number of anilines is 2. The summed E-state index contributed by atoms with van der Waals surface area (Å²) < 4.78 is 7.33. The van der Waals surface area contributed by atoms with Gasteiger partial charge in [-0.2, -0.15) is 5.26 Å². The molecule has 2 N–H and O–H groups in total. The number of fused-ring (bicyclic) bond motifs is 2. The first-order chi connectivity index (χ1) is 14.1. The van der Waals surface area contributed by atoms with Crippen molar-refractivity contribution >= 4 is 40.2 Å². The topological polar surface area (TPSA) is 96.1 Å². The summed E-state index contributed by atoms with van der Waals surface area (Å²) in [6.45, 7) is 0.587. The van der Waals surface area contributed by atoms with Crippen molar-refractivity contribution < 1.29 is 14.3 Å². The zero-order valence-corrected chi connectivity index (χ0v) is 15.5. The average Bonchev–Trinajstić information content (AvgIpc) is 3.08. The molecule has 0 spiro atoms. The van der Waals surface area contributed by atoms with E-state index in [0.29, 0.717) is 30.1 Å². The van der Waals surface area contributed by atoms with Crippen LogP contribution in [-0.2, 0) is 16.1 Å². The van der Waals surface area contributed by atoms with E-state index in [9.17, 15) is 9.59 Å². The maximum Gasteiger partial charge on any atom is 0.262 e. The number of aryl methyl sites for hydroxylation is 1. The monoisotopic (exact) mass is 386 g/mol. The molecule has 0 bridgehead atoms. The van der Waals surface area contributed by atoms with Crippen LogP contribution in [0.3, 0.4) is 0 Å². The van der Waals surface area contributed by atoms with Crippen molar-refractivity contribution in [3.8, 4) is 11.8 Å². The highest BCUT2D eigenvalue weighted by Crippen LogP contribution is 2.30. The highest BCUT2D eigenvalue weighted by atomic mass is 16.5. The van der Waals surface area contributed by atoms with Crippen LogP contribution in [0.4, 0.5) is 11.4 Å². The summed E-state index contributed by atoms with van der Waals surface area (Å²) in [5.74, 6) is 0.0545. The molecule has 1 aromatic heterocycles. The Morgan fingerprint density at radius 2 is 2.17 bits per heavy atom. The molecule has 0 aliphatic carbocycles. The number of carbonyl (C=O) groups excluding carboxylic acids is 2. The molecule has 4 rings (SSSR count). The zero-order valence-electron chi connectivity index (χ0n) is 15.5. The van der Waals surface area contributed by atoms with Gasteiger partial charge in [-0.15, -0.1) is 0 Å². The second-order valence-corrected chi connectivity index (χ2v) is 6.57. The van der Waals surface area contributed by atoms with Gasteiger partial charge < -0.3 is 19.9 Å². The number of nitriles is 1. The van der Waals surface area contributed by atoms with Gasteiger partial charge in [-0.3, -0.25) is 9.59 Å². The summed E-state index contributed by atoms with van der Waals surface area (Å²) in [5, 5.41) is 15.4. The van der Waals surface area contributed by atoms with Crippen molar-refractivity contribution in [3.63, 3.8) is 0 Å². The van der Waals surface area contributed by atoms with Crippen LogP contribution in [0.5, 0.6) is 5.75 Å². The molecule has 0 saturated heterocycles. The smallest absolute Gasteiger partial charge is 0.262 e. The minimum Gasteiger partial charge on any atom is -0.482 e. The summed E-state index contributed by atoms with van der Waals surface area (Å²) in [6, 6.07) is 15.1. The number of nitrogens with one attached hydrogen (secondary N) is 2. The van der Waals surface area contributed by atoms with Gasteiger partial charge in [-0.05, 0) is 30.3 Å². The predicted molar refractivity (Wildman–Crippen MR) is 110 cm³/mol. The lowest BCUT2D eigenvalue weighted by Gasteiger charge is -2.18. The first-order valence-electron chi connectivity index (χ1n) is 9.14. The Balaban J connectivity index is 1.51. The maximum atomic E-state index is 12.4. The summed E-state index contributed by atoms with van der Waals surface area (Å²) >= 11 is 0. The van der Waals surface area contributed by atoms with Crippen molar-refractivity contribution in [3.05, 3.63) is 60.3 Å². The molecule has 0 saturated carbocycles. The van der Waals surface area contributed by atoms with E-state index in [-0.39, 0.29) is 18.4 Å². The number of carbonyl (C=O) groups is 2. The van der Waals surface area contributed by atoms with Crippen LogP contribution in [-0.4, -0.2) is 23.0 Å². The Hall–Kier alpha value is -4.05. The van der Waals surface area contributed by atoms with E-state index in [2.05, 4.69) is 16.7 Å². The van der Waals surface area contributed by atoms with Crippen LogP contribution in [0.25, 0.3) is 17.0 Å². The Bertz CT molecular complexity index is 1170. The lowest BCUT2D eigenvalue weighted by Crippen LogP contribution is -2.25. The van der Waals surface area contributed by atoms with Gasteiger partial charge in [0.2, 0.25) is 5.91 Å². The Morgan fingerprint density at radius 3 is 3.03 bits per heavy atom. The number of amides is 2. The average molecular weight is 386 g/mol. The molecule has 2 amide bonds. The van der Waals surface area contributed by atoms with E-state index in [1.165, 1.54) is 6.08 Å².